The van der Waals surface area contributed by atoms with E-state index in [-0.39, 0.29) is 24.6 Å². The number of fused-ring (bicyclic) bond motifs is 2. The van der Waals surface area contributed by atoms with Gasteiger partial charge in [-0.05, 0) is 43.7 Å². The Morgan fingerprint density at radius 2 is 2.14 bits per heavy atom. The van der Waals surface area contributed by atoms with Gasteiger partial charge in [0.15, 0.2) is 0 Å². The van der Waals surface area contributed by atoms with E-state index in [1.165, 1.54) is 11.3 Å². The third kappa shape index (κ3) is 4.34. The maximum absolute atomic E-state index is 13.0. The van der Waals surface area contributed by atoms with Gasteiger partial charge in [-0.3, -0.25) is 14.3 Å². The first-order valence-electron chi connectivity index (χ1n) is 11.2. The SMILES string of the molecule is C#CCNC(=O)n1c(C)cc2cc(Oc3ccnc4cc(C(=O)N5CCC(OC)C5)sc34)ccc21. The molecule has 1 aromatic carbocycles. The monoisotopic (exact) mass is 488 g/mol. The molecule has 9 heteroatoms. The first-order valence-corrected chi connectivity index (χ1v) is 12.0. The summed E-state index contributed by atoms with van der Waals surface area (Å²) in [6.45, 7) is 3.30. The zero-order valence-corrected chi connectivity index (χ0v) is 20.2. The number of terminal acetylenes is 1. The van der Waals surface area contributed by atoms with Crippen LogP contribution in [0.4, 0.5) is 4.79 Å². The van der Waals surface area contributed by atoms with Gasteiger partial charge in [-0.1, -0.05) is 5.92 Å². The lowest BCUT2D eigenvalue weighted by molar-refractivity contribution is 0.0728. The van der Waals surface area contributed by atoms with Crippen LogP contribution in [0.25, 0.3) is 21.1 Å². The number of carbonyl (C=O) groups is 2. The van der Waals surface area contributed by atoms with Gasteiger partial charge in [-0.15, -0.1) is 17.8 Å². The molecule has 4 heterocycles. The van der Waals surface area contributed by atoms with E-state index in [0.717, 1.165) is 27.7 Å². The summed E-state index contributed by atoms with van der Waals surface area (Å²) < 4.78 is 14.0. The van der Waals surface area contributed by atoms with Gasteiger partial charge in [0, 0.05) is 43.5 Å². The van der Waals surface area contributed by atoms with Crippen LogP contribution in [0, 0.1) is 19.3 Å². The summed E-state index contributed by atoms with van der Waals surface area (Å²) >= 11 is 1.38. The van der Waals surface area contributed by atoms with E-state index < -0.39 is 0 Å². The van der Waals surface area contributed by atoms with Crippen LogP contribution < -0.4 is 10.1 Å². The van der Waals surface area contributed by atoms with Gasteiger partial charge in [0.2, 0.25) is 0 Å². The number of rotatable bonds is 5. The molecule has 1 unspecified atom stereocenters. The minimum Gasteiger partial charge on any atom is -0.456 e. The van der Waals surface area contributed by atoms with Gasteiger partial charge >= 0.3 is 6.03 Å². The molecule has 178 valence electrons. The Morgan fingerprint density at radius 1 is 1.29 bits per heavy atom. The van der Waals surface area contributed by atoms with Crippen molar-refractivity contribution in [2.45, 2.75) is 19.4 Å². The van der Waals surface area contributed by atoms with Gasteiger partial charge < -0.3 is 19.7 Å². The Bertz CT molecular complexity index is 1480. The highest BCUT2D eigenvalue weighted by molar-refractivity contribution is 7.21. The van der Waals surface area contributed by atoms with Gasteiger partial charge in [-0.2, -0.15) is 0 Å². The van der Waals surface area contributed by atoms with Crippen LogP contribution in [-0.4, -0.2) is 59.2 Å². The average Bonchev–Trinajstić information content (AvgIpc) is 3.58. The molecule has 1 saturated heterocycles. The van der Waals surface area contributed by atoms with Crippen molar-refractivity contribution in [1.29, 1.82) is 0 Å². The van der Waals surface area contributed by atoms with Crippen molar-refractivity contribution in [2.24, 2.45) is 0 Å². The number of benzene rings is 1. The van der Waals surface area contributed by atoms with Crippen molar-refractivity contribution < 1.29 is 19.1 Å². The van der Waals surface area contributed by atoms with Crippen LogP contribution in [0.1, 0.15) is 21.8 Å². The molecule has 1 atom stereocenters. The number of hydrogen-bond donors (Lipinski definition) is 1. The number of pyridine rings is 1. The average molecular weight is 489 g/mol. The van der Waals surface area contributed by atoms with Crippen LogP contribution in [-0.2, 0) is 4.74 Å². The summed E-state index contributed by atoms with van der Waals surface area (Å²) in [6, 6.07) is 10.8. The lowest BCUT2D eigenvalue weighted by Gasteiger charge is -2.14. The van der Waals surface area contributed by atoms with Crippen molar-refractivity contribution in [3.63, 3.8) is 0 Å². The number of nitrogens with one attached hydrogen (secondary N) is 1. The van der Waals surface area contributed by atoms with E-state index in [9.17, 15) is 9.59 Å². The van der Waals surface area contributed by atoms with E-state index in [1.807, 2.05) is 42.2 Å². The molecule has 1 aliphatic heterocycles. The van der Waals surface area contributed by atoms with E-state index in [2.05, 4.69) is 16.2 Å². The Hall–Kier alpha value is -3.87. The second-order valence-corrected chi connectivity index (χ2v) is 9.39. The number of aryl methyl sites for hydroxylation is 1. The maximum Gasteiger partial charge on any atom is 0.327 e. The summed E-state index contributed by atoms with van der Waals surface area (Å²) in [5.74, 6) is 3.64. The van der Waals surface area contributed by atoms with Gasteiger partial charge in [0.05, 0.1) is 33.3 Å². The largest absolute Gasteiger partial charge is 0.456 e. The van der Waals surface area contributed by atoms with Crippen molar-refractivity contribution in [1.82, 2.24) is 19.8 Å². The summed E-state index contributed by atoms with van der Waals surface area (Å²) in [5.41, 5.74) is 2.26. The molecule has 0 aliphatic carbocycles. The van der Waals surface area contributed by atoms with Crippen LogP contribution in [0.5, 0.6) is 11.5 Å². The number of methoxy groups -OCH3 is 1. The number of nitrogens with zero attached hydrogens (tertiary/aromatic N) is 3. The summed E-state index contributed by atoms with van der Waals surface area (Å²) in [5, 5.41) is 3.56. The van der Waals surface area contributed by atoms with E-state index >= 15 is 0 Å². The van der Waals surface area contributed by atoms with Gasteiger partial charge in [0.1, 0.15) is 11.5 Å². The summed E-state index contributed by atoms with van der Waals surface area (Å²) in [7, 11) is 1.67. The molecule has 3 aromatic heterocycles. The lowest BCUT2D eigenvalue weighted by atomic mass is 10.2. The fourth-order valence-electron chi connectivity index (χ4n) is 4.36. The minimum absolute atomic E-state index is 0.0140. The Morgan fingerprint density at radius 3 is 2.91 bits per heavy atom. The first-order chi connectivity index (χ1) is 17.0. The van der Waals surface area contributed by atoms with Crippen LogP contribution >= 0.6 is 11.3 Å². The van der Waals surface area contributed by atoms with E-state index in [1.54, 1.807) is 23.9 Å². The molecule has 1 N–H and O–H groups in total. The topological polar surface area (TPSA) is 85.7 Å². The molecule has 4 aromatic rings. The first kappa shape index (κ1) is 22.9. The molecule has 0 saturated carbocycles. The second kappa shape index (κ2) is 9.41. The number of amides is 2. The molecular formula is C26H24N4O4S. The predicted octanol–water partition coefficient (Wildman–Crippen LogP) is 4.40. The Balaban J connectivity index is 1.41. The molecule has 2 amide bonds. The lowest BCUT2D eigenvalue weighted by Crippen LogP contribution is -2.29. The minimum atomic E-state index is -0.273. The fourth-order valence-corrected chi connectivity index (χ4v) is 5.39. The Kier molecular flexibility index (Phi) is 6.16. The van der Waals surface area contributed by atoms with Gasteiger partial charge in [-0.25, -0.2) is 4.79 Å². The molecule has 0 spiro atoms. The number of thiophene rings is 1. The standard InChI is InChI=1S/C26H24N4O4S/c1-4-9-28-26(32)30-16(2)12-17-13-18(5-6-21(17)30)34-22-7-10-27-20-14-23(35-24(20)22)25(31)29-11-8-19(15-29)33-3/h1,5-7,10,12-14,19H,8-9,11,15H2,2-3H3,(H,28,32). The molecule has 0 bridgehead atoms. The smallest absolute Gasteiger partial charge is 0.327 e. The molecule has 35 heavy (non-hydrogen) atoms. The van der Waals surface area contributed by atoms with Crippen LogP contribution in [0.2, 0.25) is 0 Å². The van der Waals surface area contributed by atoms with Crippen molar-refractivity contribution in [3.05, 3.63) is 53.2 Å². The second-order valence-electron chi connectivity index (χ2n) is 8.34. The quantitative estimate of drug-likeness (QED) is 0.421. The molecule has 1 aliphatic rings. The molecule has 5 rings (SSSR count). The number of aromatic nitrogens is 2. The number of likely N-dealkylation sites (tertiary alicyclic amines) is 1. The molecular weight excluding hydrogens is 464 g/mol. The normalized spacial score (nSPS) is 15.5. The highest BCUT2D eigenvalue weighted by atomic mass is 32.1. The zero-order valence-electron chi connectivity index (χ0n) is 19.4. The number of ether oxygens (including phenoxy) is 2. The zero-order chi connectivity index (χ0) is 24.5. The van der Waals surface area contributed by atoms with E-state index in [0.29, 0.717) is 35.0 Å². The van der Waals surface area contributed by atoms with Crippen molar-refractivity contribution in [3.8, 4) is 23.8 Å². The van der Waals surface area contributed by atoms with Crippen LogP contribution in [0.3, 0.4) is 0 Å². The predicted molar refractivity (Wildman–Crippen MR) is 135 cm³/mol. The summed E-state index contributed by atoms with van der Waals surface area (Å²) in [4.78, 5) is 32.4. The maximum atomic E-state index is 13.0. The molecule has 1 fully saturated rings. The van der Waals surface area contributed by atoms with Gasteiger partial charge in [0.25, 0.3) is 5.91 Å². The summed E-state index contributed by atoms with van der Waals surface area (Å²) in [6.07, 6.45) is 7.85. The van der Waals surface area contributed by atoms with Crippen LogP contribution in [0.15, 0.2) is 42.6 Å². The van der Waals surface area contributed by atoms with E-state index in [4.69, 9.17) is 15.9 Å². The Labute approximate surface area is 206 Å². The number of carbonyl (C=O) groups excluding carboxylic acids is 2. The number of hydrogen-bond acceptors (Lipinski definition) is 6. The highest BCUT2D eigenvalue weighted by Gasteiger charge is 2.28. The third-order valence-electron chi connectivity index (χ3n) is 6.08. The third-order valence-corrected chi connectivity index (χ3v) is 7.21. The molecule has 0 radical (unpaired) electrons. The highest BCUT2D eigenvalue weighted by Crippen LogP contribution is 2.36. The van der Waals surface area contributed by atoms with Crippen molar-refractivity contribution in [2.75, 3.05) is 26.7 Å². The van der Waals surface area contributed by atoms with Crippen molar-refractivity contribution >= 4 is 44.4 Å². The fraction of sp³-hybridized carbons (Fsp3) is 0.269. The molecule has 8 nitrogen and oxygen atoms in total.